The molecular weight excluding hydrogens is 248 g/mol. The van der Waals surface area contributed by atoms with E-state index in [0.717, 1.165) is 25.9 Å². The molecule has 0 aromatic carbocycles. The van der Waals surface area contributed by atoms with Crippen molar-refractivity contribution in [3.8, 4) is 0 Å². The van der Waals surface area contributed by atoms with Gasteiger partial charge in [-0.15, -0.1) is 0 Å². The molecule has 3 N–H and O–H groups in total. The fourth-order valence-corrected chi connectivity index (χ4v) is 2.22. The Hall–Kier alpha value is -2.02. The van der Waals surface area contributed by atoms with Gasteiger partial charge in [0.25, 0.3) is 0 Å². The number of Topliss-reactive ketones (excluding diaryl/α,β-unsaturated/α-hetero) is 1. The van der Waals surface area contributed by atoms with Crippen molar-refractivity contribution in [1.29, 1.82) is 0 Å². The van der Waals surface area contributed by atoms with Crippen LogP contribution in [0.1, 0.15) is 23.3 Å². The van der Waals surface area contributed by atoms with Crippen LogP contribution >= 0.6 is 0 Å². The van der Waals surface area contributed by atoms with Crippen LogP contribution in [0, 0.1) is 5.92 Å². The van der Waals surface area contributed by atoms with Crippen LogP contribution in [0.5, 0.6) is 0 Å². The molecular formula is C12H16N4O3. The number of carbonyl (C=O) groups excluding carboxylic acids is 2. The maximum absolute atomic E-state index is 12.3. The number of nitrogens with two attached hydrogens (primary N) is 1. The SMILES string of the molecule is NC(=O)OC(C(=O)c1ccncn1)C1CCNCC1. The zero-order valence-electron chi connectivity index (χ0n) is 10.4. The molecule has 102 valence electrons. The Labute approximate surface area is 110 Å². The van der Waals surface area contributed by atoms with Crippen molar-refractivity contribution in [2.75, 3.05) is 13.1 Å². The number of ketones is 1. The minimum Gasteiger partial charge on any atom is -0.438 e. The number of nitrogens with zero attached hydrogens (tertiary/aromatic N) is 2. The highest BCUT2D eigenvalue weighted by Gasteiger charge is 2.33. The number of hydrogen-bond donors (Lipinski definition) is 2. The standard InChI is InChI=1S/C12H16N4O3/c13-12(18)19-11(8-1-4-14-5-2-8)10(17)9-3-6-15-7-16-9/h3,6-8,11,14H,1-2,4-5H2,(H2,13,18). The molecule has 1 aliphatic heterocycles. The molecule has 1 aliphatic rings. The van der Waals surface area contributed by atoms with Gasteiger partial charge in [-0.05, 0) is 32.0 Å². The molecule has 1 amide bonds. The average Bonchev–Trinajstić information content (AvgIpc) is 2.46. The van der Waals surface area contributed by atoms with E-state index in [1.165, 1.54) is 18.6 Å². The summed E-state index contributed by atoms with van der Waals surface area (Å²) in [6.45, 7) is 1.58. The van der Waals surface area contributed by atoms with Crippen LogP contribution in [-0.2, 0) is 4.74 Å². The summed E-state index contributed by atoms with van der Waals surface area (Å²) in [5.41, 5.74) is 5.29. The monoisotopic (exact) mass is 264 g/mol. The highest BCUT2D eigenvalue weighted by molar-refractivity contribution is 5.98. The summed E-state index contributed by atoms with van der Waals surface area (Å²) in [6, 6.07) is 1.50. The Morgan fingerprint density at radius 3 is 2.74 bits per heavy atom. The molecule has 1 saturated heterocycles. The number of carbonyl (C=O) groups is 2. The molecule has 19 heavy (non-hydrogen) atoms. The van der Waals surface area contributed by atoms with Gasteiger partial charge in [0.05, 0.1) is 0 Å². The number of ether oxygens (including phenoxy) is 1. The quantitative estimate of drug-likeness (QED) is 0.748. The first-order valence-electron chi connectivity index (χ1n) is 6.15. The molecule has 1 aromatic heterocycles. The van der Waals surface area contributed by atoms with E-state index in [2.05, 4.69) is 15.3 Å². The van der Waals surface area contributed by atoms with Crippen molar-refractivity contribution in [3.63, 3.8) is 0 Å². The topological polar surface area (TPSA) is 107 Å². The Kier molecular flexibility index (Phi) is 4.40. The fraction of sp³-hybridized carbons (Fsp3) is 0.500. The lowest BCUT2D eigenvalue weighted by Crippen LogP contribution is -2.42. The van der Waals surface area contributed by atoms with Crippen LogP contribution in [0.15, 0.2) is 18.6 Å². The maximum Gasteiger partial charge on any atom is 0.405 e. The molecule has 1 atom stereocenters. The second-order valence-corrected chi connectivity index (χ2v) is 4.40. The third-order valence-electron chi connectivity index (χ3n) is 3.15. The molecule has 0 aliphatic carbocycles. The van der Waals surface area contributed by atoms with E-state index in [1.807, 2.05) is 0 Å². The van der Waals surface area contributed by atoms with Crippen LogP contribution in [0.25, 0.3) is 0 Å². The van der Waals surface area contributed by atoms with E-state index in [9.17, 15) is 9.59 Å². The first-order chi connectivity index (χ1) is 9.18. The number of amides is 1. The van der Waals surface area contributed by atoms with Gasteiger partial charge < -0.3 is 15.8 Å². The van der Waals surface area contributed by atoms with Crippen molar-refractivity contribution < 1.29 is 14.3 Å². The number of nitrogens with one attached hydrogen (secondary N) is 1. The van der Waals surface area contributed by atoms with E-state index in [4.69, 9.17) is 10.5 Å². The van der Waals surface area contributed by atoms with Crippen molar-refractivity contribution in [1.82, 2.24) is 15.3 Å². The fourth-order valence-electron chi connectivity index (χ4n) is 2.22. The first kappa shape index (κ1) is 13.4. The predicted octanol–water partition coefficient (Wildman–Crippen LogP) is 0.123. The number of primary amides is 1. The summed E-state index contributed by atoms with van der Waals surface area (Å²) in [7, 11) is 0. The average molecular weight is 264 g/mol. The molecule has 1 unspecified atom stereocenters. The number of rotatable bonds is 4. The van der Waals surface area contributed by atoms with Crippen molar-refractivity contribution in [2.24, 2.45) is 11.7 Å². The summed E-state index contributed by atoms with van der Waals surface area (Å²) >= 11 is 0. The number of aromatic nitrogens is 2. The van der Waals surface area contributed by atoms with Crippen LogP contribution in [0.4, 0.5) is 4.79 Å². The summed E-state index contributed by atoms with van der Waals surface area (Å²) in [5.74, 6) is -0.357. The molecule has 7 nitrogen and oxygen atoms in total. The van der Waals surface area contributed by atoms with Crippen LogP contribution in [-0.4, -0.2) is 41.0 Å². The normalized spacial score (nSPS) is 17.7. The minimum absolute atomic E-state index is 0.0313. The number of piperidine rings is 1. The van der Waals surface area contributed by atoms with E-state index in [0.29, 0.717) is 0 Å². The Morgan fingerprint density at radius 2 is 2.16 bits per heavy atom. The van der Waals surface area contributed by atoms with E-state index in [-0.39, 0.29) is 17.4 Å². The zero-order chi connectivity index (χ0) is 13.7. The Morgan fingerprint density at radius 1 is 1.42 bits per heavy atom. The molecule has 2 rings (SSSR count). The molecule has 1 aromatic rings. The lowest BCUT2D eigenvalue weighted by atomic mass is 9.89. The molecule has 1 fully saturated rings. The molecule has 0 saturated carbocycles. The van der Waals surface area contributed by atoms with E-state index in [1.54, 1.807) is 0 Å². The van der Waals surface area contributed by atoms with Crippen molar-refractivity contribution >= 4 is 11.9 Å². The zero-order valence-corrected chi connectivity index (χ0v) is 10.4. The lowest BCUT2D eigenvalue weighted by Gasteiger charge is -2.28. The van der Waals surface area contributed by atoms with Gasteiger partial charge >= 0.3 is 6.09 Å². The molecule has 0 bridgehead atoms. The van der Waals surface area contributed by atoms with Crippen LogP contribution in [0.2, 0.25) is 0 Å². The van der Waals surface area contributed by atoms with Gasteiger partial charge in [-0.1, -0.05) is 0 Å². The predicted molar refractivity (Wildman–Crippen MR) is 66.4 cm³/mol. The molecule has 0 radical (unpaired) electrons. The molecule has 0 spiro atoms. The second kappa shape index (κ2) is 6.24. The third kappa shape index (κ3) is 3.47. The Balaban J connectivity index is 2.16. The second-order valence-electron chi connectivity index (χ2n) is 4.40. The summed E-state index contributed by atoms with van der Waals surface area (Å²) in [6.07, 6.45) is 2.48. The van der Waals surface area contributed by atoms with Gasteiger partial charge in [-0.3, -0.25) is 4.79 Å². The van der Waals surface area contributed by atoms with Crippen molar-refractivity contribution in [3.05, 3.63) is 24.3 Å². The summed E-state index contributed by atoms with van der Waals surface area (Å²) < 4.78 is 5.01. The van der Waals surface area contributed by atoms with E-state index >= 15 is 0 Å². The van der Waals surface area contributed by atoms with Crippen molar-refractivity contribution in [2.45, 2.75) is 18.9 Å². The Bertz CT molecular complexity index is 446. The van der Waals surface area contributed by atoms with Crippen LogP contribution in [0.3, 0.4) is 0 Å². The highest BCUT2D eigenvalue weighted by atomic mass is 16.6. The van der Waals surface area contributed by atoms with Gasteiger partial charge in [0, 0.05) is 12.1 Å². The summed E-state index contributed by atoms with van der Waals surface area (Å²) in [4.78, 5) is 31.0. The maximum atomic E-state index is 12.3. The first-order valence-corrected chi connectivity index (χ1v) is 6.15. The van der Waals surface area contributed by atoms with Gasteiger partial charge in [0.1, 0.15) is 12.0 Å². The van der Waals surface area contributed by atoms with Crippen LogP contribution < -0.4 is 11.1 Å². The number of hydrogen-bond acceptors (Lipinski definition) is 6. The molecule has 7 heteroatoms. The lowest BCUT2D eigenvalue weighted by molar-refractivity contribution is 0.0424. The minimum atomic E-state index is -0.939. The van der Waals surface area contributed by atoms with Gasteiger partial charge in [-0.2, -0.15) is 0 Å². The van der Waals surface area contributed by atoms with Gasteiger partial charge in [0.2, 0.25) is 5.78 Å². The summed E-state index contributed by atoms with van der Waals surface area (Å²) in [5, 5.41) is 3.19. The van der Waals surface area contributed by atoms with Gasteiger partial charge in [-0.25, -0.2) is 14.8 Å². The smallest absolute Gasteiger partial charge is 0.405 e. The van der Waals surface area contributed by atoms with E-state index < -0.39 is 12.2 Å². The van der Waals surface area contributed by atoms with Gasteiger partial charge in [0.15, 0.2) is 6.10 Å². The largest absolute Gasteiger partial charge is 0.438 e. The third-order valence-corrected chi connectivity index (χ3v) is 3.15. The molecule has 2 heterocycles. The highest BCUT2D eigenvalue weighted by Crippen LogP contribution is 2.21.